The molecule has 0 atom stereocenters. The third-order valence-electron chi connectivity index (χ3n) is 3.84. The molecule has 0 spiro atoms. The van der Waals surface area contributed by atoms with Crippen LogP contribution in [0, 0.1) is 28.7 Å². The van der Waals surface area contributed by atoms with Crippen molar-refractivity contribution < 1.29 is 9.53 Å². The second kappa shape index (κ2) is 8.86. The Kier molecular flexibility index (Phi) is 6.81. The van der Waals surface area contributed by atoms with Crippen LogP contribution in [-0.2, 0) is 11.2 Å². The number of halogens is 1. The molecule has 0 aliphatic rings. The molecule has 1 amide bonds. The molecular weight excluding hydrogens is 439 g/mol. The summed E-state index contributed by atoms with van der Waals surface area (Å²) >= 11 is 2.26. The topological polar surface area (TPSA) is 76.1 Å². The Morgan fingerprint density at radius 2 is 1.88 bits per heavy atom. The van der Waals surface area contributed by atoms with Gasteiger partial charge >= 0.3 is 0 Å². The predicted molar refractivity (Wildman–Crippen MR) is 112 cm³/mol. The summed E-state index contributed by atoms with van der Waals surface area (Å²) in [7, 11) is 0. The molecule has 2 aromatic rings. The first-order valence-corrected chi connectivity index (χ1v) is 9.36. The van der Waals surface area contributed by atoms with E-state index >= 15 is 0 Å². The van der Waals surface area contributed by atoms with Gasteiger partial charge in [-0.05, 0) is 72.7 Å². The van der Waals surface area contributed by atoms with Gasteiger partial charge in [0.05, 0.1) is 6.61 Å². The summed E-state index contributed by atoms with van der Waals surface area (Å²) in [6.07, 6.45) is 2.24. The maximum atomic E-state index is 11.3. The van der Waals surface area contributed by atoms with Crippen molar-refractivity contribution in [2.24, 2.45) is 5.73 Å². The lowest BCUT2D eigenvalue weighted by Crippen LogP contribution is -2.12. The van der Waals surface area contributed by atoms with Crippen LogP contribution in [0.4, 0.5) is 0 Å². The number of primary amides is 1. The largest absolute Gasteiger partial charge is 0.494 e. The van der Waals surface area contributed by atoms with Crippen molar-refractivity contribution in [3.8, 4) is 11.8 Å². The van der Waals surface area contributed by atoms with E-state index in [0.717, 1.165) is 26.9 Å². The maximum Gasteiger partial charge on any atom is 0.259 e. The summed E-state index contributed by atoms with van der Waals surface area (Å²) in [6.45, 7) is 6.64. The van der Waals surface area contributed by atoms with Crippen molar-refractivity contribution in [3.05, 3.63) is 67.3 Å². The molecule has 2 N–H and O–H groups in total. The zero-order valence-electron chi connectivity index (χ0n) is 15.1. The average molecular weight is 460 g/mol. The number of hydrogen-bond acceptors (Lipinski definition) is 3. The SMILES string of the molecule is CCOc1cc(/C=C(\C#N)C(N)=O)cc(I)c1Cc1cc(C)cc(C)c1. The van der Waals surface area contributed by atoms with Crippen molar-refractivity contribution in [3.63, 3.8) is 0 Å². The number of nitrogens with zero attached hydrogens (tertiary/aromatic N) is 1. The number of aryl methyl sites for hydroxylation is 2. The van der Waals surface area contributed by atoms with Crippen LogP contribution in [0.1, 0.15) is 34.7 Å². The zero-order chi connectivity index (χ0) is 19.3. The van der Waals surface area contributed by atoms with Crippen molar-refractivity contribution >= 4 is 34.6 Å². The van der Waals surface area contributed by atoms with Crippen LogP contribution in [-0.4, -0.2) is 12.5 Å². The minimum Gasteiger partial charge on any atom is -0.494 e. The Balaban J connectivity index is 2.50. The van der Waals surface area contributed by atoms with Gasteiger partial charge in [0.2, 0.25) is 0 Å². The fourth-order valence-electron chi connectivity index (χ4n) is 2.87. The van der Waals surface area contributed by atoms with E-state index in [1.807, 2.05) is 25.1 Å². The first-order valence-electron chi connectivity index (χ1n) is 8.28. The van der Waals surface area contributed by atoms with Crippen LogP contribution in [0.25, 0.3) is 6.08 Å². The van der Waals surface area contributed by atoms with Gasteiger partial charge in [-0.2, -0.15) is 5.26 Å². The predicted octanol–water partition coefficient (Wildman–Crippen LogP) is 4.29. The van der Waals surface area contributed by atoms with E-state index in [-0.39, 0.29) is 5.57 Å². The number of carbonyl (C=O) groups is 1. The highest BCUT2D eigenvalue weighted by Crippen LogP contribution is 2.30. The second-order valence-corrected chi connectivity index (χ2v) is 7.28. The van der Waals surface area contributed by atoms with Gasteiger partial charge in [-0.25, -0.2) is 0 Å². The first kappa shape index (κ1) is 20.0. The third-order valence-corrected chi connectivity index (χ3v) is 4.80. The lowest BCUT2D eigenvalue weighted by atomic mass is 9.98. The summed E-state index contributed by atoms with van der Waals surface area (Å²) in [6, 6.07) is 12.1. The molecule has 0 aromatic heterocycles. The van der Waals surface area contributed by atoms with Gasteiger partial charge < -0.3 is 10.5 Å². The fraction of sp³-hybridized carbons (Fsp3) is 0.238. The number of rotatable bonds is 6. The molecule has 0 saturated heterocycles. The van der Waals surface area contributed by atoms with Gasteiger partial charge in [0.15, 0.2) is 0 Å². The zero-order valence-corrected chi connectivity index (χ0v) is 17.3. The minimum absolute atomic E-state index is 0.0784. The van der Waals surface area contributed by atoms with Gasteiger partial charge in [-0.15, -0.1) is 0 Å². The molecule has 0 radical (unpaired) electrons. The lowest BCUT2D eigenvalue weighted by Gasteiger charge is -2.15. The number of ether oxygens (including phenoxy) is 1. The molecule has 5 heteroatoms. The maximum absolute atomic E-state index is 11.3. The summed E-state index contributed by atoms with van der Waals surface area (Å²) in [5, 5.41) is 9.05. The number of nitrogens with two attached hydrogens (primary N) is 1. The molecule has 4 nitrogen and oxygen atoms in total. The van der Waals surface area contributed by atoms with Gasteiger partial charge in [0, 0.05) is 15.6 Å². The Morgan fingerprint density at radius 1 is 1.23 bits per heavy atom. The van der Waals surface area contributed by atoms with E-state index in [1.54, 1.807) is 0 Å². The highest BCUT2D eigenvalue weighted by atomic mass is 127. The number of benzene rings is 2. The average Bonchev–Trinajstić information content (AvgIpc) is 2.54. The van der Waals surface area contributed by atoms with E-state index in [9.17, 15) is 4.79 Å². The summed E-state index contributed by atoms with van der Waals surface area (Å²) < 4.78 is 6.85. The van der Waals surface area contributed by atoms with Crippen LogP contribution in [0.3, 0.4) is 0 Å². The summed E-state index contributed by atoms with van der Waals surface area (Å²) in [5.74, 6) is 0.0198. The highest BCUT2D eigenvalue weighted by Gasteiger charge is 2.13. The van der Waals surface area contributed by atoms with Gasteiger partial charge in [-0.1, -0.05) is 29.3 Å². The van der Waals surface area contributed by atoms with E-state index in [1.165, 1.54) is 22.8 Å². The molecule has 2 rings (SSSR count). The van der Waals surface area contributed by atoms with Crippen LogP contribution < -0.4 is 10.5 Å². The van der Waals surface area contributed by atoms with Crippen molar-refractivity contribution in [2.45, 2.75) is 27.2 Å². The summed E-state index contributed by atoms with van der Waals surface area (Å²) in [4.78, 5) is 11.3. The standard InChI is InChI=1S/C21H21IN2O2/c1-4-26-20-11-16(8-17(12-23)21(24)25)10-19(22)18(20)9-15-6-13(2)5-14(3)7-15/h5-8,10-11H,4,9H2,1-3H3,(H2,24,25)/b17-8+. The molecule has 134 valence electrons. The Hall–Kier alpha value is -2.33. The molecule has 0 aliphatic carbocycles. The van der Waals surface area contributed by atoms with Crippen molar-refractivity contribution in [1.29, 1.82) is 5.26 Å². The number of hydrogen-bond donors (Lipinski definition) is 1. The minimum atomic E-state index is -0.736. The quantitative estimate of drug-likeness (QED) is 0.397. The third kappa shape index (κ3) is 5.09. The van der Waals surface area contributed by atoms with Crippen LogP contribution in [0.2, 0.25) is 0 Å². The number of amides is 1. The monoisotopic (exact) mass is 460 g/mol. The molecule has 0 bridgehead atoms. The lowest BCUT2D eigenvalue weighted by molar-refractivity contribution is -0.114. The highest BCUT2D eigenvalue weighted by molar-refractivity contribution is 14.1. The van der Waals surface area contributed by atoms with Crippen LogP contribution in [0.15, 0.2) is 35.9 Å². The Morgan fingerprint density at radius 3 is 2.42 bits per heavy atom. The molecule has 0 aliphatic heterocycles. The van der Waals surface area contributed by atoms with Gasteiger partial charge in [0.25, 0.3) is 5.91 Å². The fourth-order valence-corrected chi connectivity index (χ4v) is 3.69. The van der Waals surface area contributed by atoms with Crippen molar-refractivity contribution in [2.75, 3.05) is 6.61 Å². The number of nitriles is 1. The number of carbonyl (C=O) groups excluding carboxylic acids is 1. The Labute approximate surface area is 167 Å². The van der Waals surface area contributed by atoms with Crippen LogP contribution in [0.5, 0.6) is 5.75 Å². The van der Waals surface area contributed by atoms with Crippen LogP contribution >= 0.6 is 22.6 Å². The molecular formula is C21H21IN2O2. The van der Waals surface area contributed by atoms with E-state index < -0.39 is 5.91 Å². The van der Waals surface area contributed by atoms with E-state index in [2.05, 4.69) is 54.6 Å². The molecule has 0 fully saturated rings. The molecule has 0 saturated carbocycles. The normalized spacial score (nSPS) is 11.1. The smallest absolute Gasteiger partial charge is 0.259 e. The molecule has 2 aromatic carbocycles. The Bertz CT molecular complexity index is 891. The second-order valence-electron chi connectivity index (χ2n) is 6.12. The first-order chi connectivity index (χ1) is 12.3. The molecule has 26 heavy (non-hydrogen) atoms. The van der Waals surface area contributed by atoms with Gasteiger partial charge in [-0.3, -0.25) is 4.79 Å². The van der Waals surface area contributed by atoms with Crippen molar-refractivity contribution in [1.82, 2.24) is 0 Å². The van der Waals surface area contributed by atoms with E-state index in [4.69, 9.17) is 15.7 Å². The van der Waals surface area contributed by atoms with Gasteiger partial charge in [0.1, 0.15) is 17.4 Å². The summed E-state index contributed by atoms with van der Waals surface area (Å²) in [5.41, 5.74) is 10.6. The van der Waals surface area contributed by atoms with E-state index in [0.29, 0.717) is 6.61 Å². The molecule has 0 heterocycles. The molecule has 0 unspecified atom stereocenters.